The molecule has 27 heavy (non-hydrogen) atoms. The van der Waals surface area contributed by atoms with Gasteiger partial charge in [0.25, 0.3) is 0 Å². The van der Waals surface area contributed by atoms with E-state index >= 15 is 0 Å². The van der Waals surface area contributed by atoms with E-state index in [1.165, 1.54) is 32.3 Å². The molecule has 0 aliphatic rings. The van der Waals surface area contributed by atoms with E-state index in [0.29, 0.717) is 11.4 Å². The lowest BCUT2D eigenvalue weighted by Crippen LogP contribution is -2.22. The Balaban J connectivity index is 1.74. The Morgan fingerprint density at radius 2 is 1.81 bits per heavy atom. The van der Waals surface area contributed by atoms with Crippen LogP contribution in [-0.2, 0) is 14.8 Å². The minimum Gasteiger partial charge on any atom is -0.322 e. The Morgan fingerprint density at radius 1 is 1.07 bits per heavy atom. The van der Waals surface area contributed by atoms with Crippen LogP contribution in [0.15, 0.2) is 65.7 Å². The summed E-state index contributed by atoms with van der Waals surface area (Å²) in [6.07, 6.45) is 4.46. The third-order valence-corrected chi connectivity index (χ3v) is 5.56. The largest absolute Gasteiger partial charge is 0.322 e. The number of anilines is 1. The molecule has 8 heteroatoms. The zero-order valence-corrected chi connectivity index (χ0v) is 15.6. The van der Waals surface area contributed by atoms with E-state index < -0.39 is 15.9 Å². The van der Waals surface area contributed by atoms with E-state index in [2.05, 4.69) is 15.3 Å². The number of hydrogen-bond donors (Lipinski definition) is 1. The normalized spacial score (nSPS) is 12.0. The fourth-order valence-electron chi connectivity index (χ4n) is 2.34. The van der Waals surface area contributed by atoms with Crippen LogP contribution >= 0.6 is 0 Å². The molecule has 1 N–H and O–H groups in total. The summed E-state index contributed by atoms with van der Waals surface area (Å²) in [6, 6.07) is 13.5. The van der Waals surface area contributed by atoms with Crippen molar-refractivity contribution in [2.24, 2.45) is 0 Å². The predicted molar refractivity (Wildman–Crippen MR) is 105 cm³/mol. The van der Waals surface area contributed by atoms with Crippen molar-refractivity contribution in [3.63, 3.8) is 0 Å². The highest BCUT2D eigenvalue weighted by Gasteiger charge is 2.17. The first kappa shape index (κ1) is 18.7. The van der Waals surface area contributed by atoms with Gasteiger partial charge in [0.2, 0.25) is 15.9 Å². The summed E-state index contributed by atoms with van der Waals surface area (Å²) in [4.78, 5) is 20.9. The van der Waals surface area contributed by atoms with Crippen LogP contribution in [0.3, 0.4) is 0 Å². The van der Waals surface area contributed by atoms with E-state index in [1.54, 1.807) is 24.4 Å². The van der Waals surface area contributed by atoms with Gasteiger partial charge in [0.1, 0.15) is 0 Å². The number of benzene rings is 2. The molecule has 0 spiro atoms. The molecule has 1 heterocycles. The summed E-state index contributed by atoms with van der Waals surface area (Å²) >= 11 is 0. The van der Waals surface area contributed by atoms with Crippen molar-refractivity contribution in [3.05, 3.63) is 66.5 Å². The van der Waals surface area contributed by atoms with Crippen molar-refractivity contribution in [2.45, 2.75) is 4.90 Å². The molecule has 0 saturated heterocycles. The topological polar surface area (TPSA) is 92.3 Å². The predicted octanol–water partition coefficient (Wildman–Crippen LogP) is 2.53. The molecule has 0 aliphatic carbocycles. The number of para-hydroxylation sites is 2. The van der Waals surface area contributed by atoms with Crippen LogP contribution in [0, 0.1) is 0 Å². The average Bonchev–Trinajstić information content (AvgIpc) is 2.66. The van der Waals surface area contributed by atoms with Crippen molar-refractivity contribution < 1.29 is 13.2 Å². The first-order valence-corrected chi connectivity index (χ1v) is 9.54. The number of amides is 1. The minimum atomic E-state index is -3.57. The second-order valence-electron chi connectivity index (χ2n) is 5.92. The van der Waals surface area contributed by atoms with Crippen molar-refractivity contribution >= 4 is 38.7 Å². The van der Waals surface area contributed by atoms with Crippen LogP contribution in [0.25, 0.3) is 17.1 Å². The molecule has 3 rings (SSSR count). The highest BCUT2D eigenvalue weighted by atomic mass is 32.2. The minimum absolute atomic E-state index is 0.106. The molecular weight excluding hydrogens is 364 g/mol. The summed E-state index contributed by atoms with van der Waals surface area (Å²) in [7, 11) is -0.661. The molecular formula is C19H18N4O3S. The molecule has 0 radical (unpaired) electrons. The molecule has 0 unspecified atom stereocenters. The number of carbonyl (C=O) groups excluding carboxylic acids is 1. The number of carbonyl (C=O) groups is 1. The Labute approximate surface area is 157 Å². The monoisotopic (exact) mass is 382 g/mol. The van der Waals surface area contributed by atoms with E-state index in [9.17, 15) is 13.2 Å². The molecule has 7 nitrogen and oxygen atoms in total. The summed E-state index contributed by atoms with van der Waals surface area (Å²) in [5, 5.41) is 2.64. The van der Waals surface area contributed by atoms with Crippen LogP contribution < -0.4 is 5.32 Å². The smallest absolute Gasteiger partial charge is 0.248 e. The van der Waals surface area contributed by atoms with E-state index in [4.69, 9.17) is 0 Å². The first-order valence-electron chi connectivity index (χ1n) is 8.10. The summed E-state index contributed by atoms with van der Waals surface area (Å²) in [6.45, 7) is 0. The number of rotatable bonds is 5. The van der Waals surface area contributed by atoms with Crippen LogP contribution in [0.5, 0.6) is 0 Å². The Bertz CT molecular complexity index is 1120. The molecule has 1 amide bonds. The fourth-order valence-corrected chi connectivity index (χ4v) is 3.29. The number of aromatic nitrogens is 2. The highest BCUT2D eigenvalue weighted by Crippen LogP contribution is 2.18. The van der Waals surface area contributed by atoms with Gasteiger partial charge in [-0.3, -0.25) is 9.78 Å². The molecule has 0 atom stereocenters. The van der Waals surface area contributed by atoms with Gasteiger partial charge in [-0.2, -0.15) is 0 Å². The molecule has 0 bridgehead atoms. The quantitative estimate of drug-likeness (QED) is 0.685. The van der Waals surface area contributed by atoms with E-state index in [0.717, 1.165) is 15.3 Å². The summed E-state index contributed by atoms with van der Waals surface area (Å²) in [5.74, 6) is -0.399. The van der Waals surface area contributed by atoms with Crippen LogP contribution in [0.1, 0.15) is 5.69 Å². The zero-order valence-electron chi connectivity index (χ0n) is 14.8. The number of nitrogens with zero attached hydrogens (tertiary/aromatic N) is 3. The van der Waals surface area contributed by atoms with Crippen LogP contribution in [0.4, 0.5) is 5.69 Å². The first-order chi connectivity index (χ1) is 12.9. The zero-order chi connectivity index (χ0) is 19.4. The lowest BCUT2D eigenvalue weighted by atomic mass is 10.3. The Kier molecular flexibility index (Phi) is 5.29. The second kappa shape index (κ2) is 7.65. The number of hydrogen-bond acceptors (Lipinski definition) is 5. The molecule has 1 aromatic heterocycles. The lowest BCUT2D eigenvalue weighted by molar-refractivity contribution is -0.111. The van der Waals surface area contributed by atoms with Gasteiger partial charge in [-0.1, -0.05) is 18.2 Å². The van der Waals surface area contributed by atoms with Gasteiger partial charge >= 0.3 is 0 Å². The average molecular weight is 382 g/mol. The summed E-state index contributed by atoms with van der Waals surface area (Å²) in [5.41, 5.74) is 2.45. The summed E-state index contributed by atoms with van der Waals surface area (Å²) < 4.78 is 25.5. The highest BCUT2D eigenvalue weighted by molar-refractivity contribution is 7.89. The van der Waals surface area contributed by atoms with E-state index in [-0.39, 0.29) is 4.90 Å². The second-order valence-corrected chi connectivity index (χ2v) is 8.07. The number of sulfonamides is 1. The number of fused-ring (bicyclic) bond motifs is 1. The standard InChI is InChI=1S/C19H18N4O3S/c1-23(2)27(25,26)16-7-5-6-14(12-16)22-19(24)11-10-15-13-20-17-8-3-4-9-18(17)21-15/h3-13H,1-2H3,(H,22,24)/b11-10+. The van der Waals surface area contributed by atoms with Gasteiger partial charge < -0.3 is 5.32 Å². The van der Waals surface area contributed by atoms with Gasteiger partial charge in [-0.15, -0.1) is 0 Å². The maximum absolute atomic E-state index is 12.2. The van der Waals surface area contributed by atoms with Crippen LogP contribution in [-0.4, -0.2) is 42.7 Å². The van der Waals surface area contributed by atoms with Crippen molar-refractivity contribution in [1.29, 1.82) is 0 Å². The molecule has 0 aliphatic heterocycles. The third kappa shape index (κ3) is 4.36. The Morgan fingerprint density at radius 3 is 2.56 bits per heavy atom. The number of nitrogens with one attached hydrogen (secondary N) is 1. The molecule has 0 fully saturated rings. The van der Waals surface area contributed by atoms with Gasteiger partial charge in [0.15, 0.2) is 0 Å². The van der Waals surface area contributed by atoms with Gasteiger partial charge in [-0.25, -0.2) is 17.7 Å². The fraction of sp³-hybridized carbons (Fsp3) is 0.105. The lowest BCUT2D eigenvalue weighted by Gasteiger charge is -2.12. The Hall–Kier alpha value is -3.10. The molecule has 3 aromatic rings. The maximum Gasteiger partial charge on any atom is 0.248 e. The van der Waals surface area contributed by atoms with E-state index in [1.807, 2.05) is 24.3 Å². The SMILES string of the molecule is CN(C)S(=O)(=O)c1cccc(NC(=O)/C=C/c2cnc3ccccc3n2)c1. The van der Waals surface area contributed by atoms with Gasteiger partial charge in [-0.05, 0) is 36.4 Å². The van der Waals surface area contributed by atoms with Crippen molar-refractivity contribution in [2.75, 3.05) is 19.4 Å². The molecule has 2 aromatic carbocycles. The van der Waals surface area contributed by atoms with Gasteiger partial charge in [0.05, 0.1) is 27.8 Å². The molecule has 0 saturated carbocycles. The van der Waals surface area contributed by atoms with Gasteiger partial charge in [0, 0.05) is 25.9 Å². The van der Waals surface area contributed by atoms with Crippen molar-refractivity contribution in [1.82, 2.24) is 14.3 Å². The maximum atomic E-state index is 12.2. The van der Waals surface area contributed by atoms with Crippen LogP contribution in [0.2, 0.25) is 0 Å². The third-order valence-electron chi connectivity index (χ3n) is 3.75. The molecule has 138 valence electrons. The van der Waals surface area contributed by atoms with Crippen molar-refractivity contribution in [3.8, 4) is 0 Å².